The van der Waals surface area contributed by atoms with Crippen molar-refractivity contribution in [2.75, 3.05) is 13.2 Å². The number of fused-ring (bicyclic) bond motifs is 1. The molecular weight excluding hydrogens is 636 g/mol. The summed E-state index contributed by atoms with van der Waals surface area (Å²) in [6.07, 6.45) is -18.1. The zero-order chi connectivity index (χ0) is 34.3. The number of ether oxygens (including phenoxy) is 5. The molecule has 0 spiro atoms. The summed E-state index contributed by atoms with van der Waals surface area (Å²) in [5.41, 5.74) is -1.14. The van der Waals surface area contributed by atoms with E-state index in [0.29, 0.717) is 0 Å². The number of benzene rings is 2. The summed E-state index contributed by atoms with van der Waals surface area (Å²) in [7, 11) is 0. The molecule has 10 N–H and O–H groups in total. The Morgan fingerprint density at radius 2 is 1.49 bits per heavy atom. The van der Waals surface area contributed by atoms with Crippen LogP contribution in [-0.2, 0) is 23.7 Å². The lowest BCUT2D eigenvalue weighted by molar-refractivity contribution is -0.358. The minimum absolute atomic E-state index is 0.117. The van der Waals surface area contributed by atoms with Gasteiger partial charge in [-0.05, 0) is 24.3 Å². The summed E-state index contributed by atoms with van der Waals surface area (Å²) in [6.45, 7) is -0.363. The monoisotopic (exact) mass is 668 g/mol. The fourth-order valence-electron chi connectivity index (χ4n) is 5.11. The Bertz CT molecular complexity index is 1670. The Kier molecular flexibility index (Phi) is 9.78. The third kappa shape index (κ3) is 6.63. The number of carbonyl (C=O) groups excluding carboxylic acids is 1. The number of carbonyl (C=O) groups is 1. The summed E-state index contributed by atoms with van der Waals surface area (Å²) < 4.78 is 32.8. The molecule has 256 valence electrons. The molecule has 0 saturated carbocycles. The van der Waals surface area contributed by atoms with Gasteiger partial charge in [0.1, 0.15) is 55.1 Å². The molecule has 0 aliphatic carbocycles. The molecular formula is C29H32O18. The number of rotatable bonds is 8. The van der Waals surface area contributed by atoms with Crippen LogP contribution in [0.15, 0.2) is 39.5 Å². The topological polar surface area (TPSA) is 296 Å². The van der Waals surface area contributed by atoms with Crippen LogP contribution in [0.2, 0.25) is 0 Å². The highest BCUT2D eigenvalue weighted by Gasteiger charge is 2.52. The summed E-state index contributed by atoms with van der Waals surface area (Å²) in [6, 6.07) is 5.40. The standard InChI is InChI=1S/C29H32O18/c1-9(31)42-8-18-20(37)21(38)23(40)28(45-18)47-27-22(39)19(36)17(7-30)44-29(27)46-26-15(35)5-11-13(33)6-16(43-25(11)24(26)41)10-2-3-12(32)14(34)4-10/h2-6,17-23,27-30,32,34-41H,7-8H2,1H3/t17-,18-,19-,20+,21+,22+,23-,27-,28+,29+/m1/s1. The van der Waals surface area contributed by atoms with Crippen LogP contribution in [0, 0.1) is 0 Å². The van der Waals surface area contributed by atoms with Crippen LogP contribution >= 0.6 is 0 Å². The third-order valence-corrected chi connectivity index (χ3v) is 7.66. The van der Waals surface area contributed by atoms with Crippen molar-refractivity contribution >= 4 is 16.9 Å². The molecule has 2 aliphatic rings. The van der Waals surface area contributed by atoms with Crippen LogP contribution in [0.1, 0.15) is 6.92 Å². The maximum Gasteiger partial charge on any atom is 0.302 e. The predicted molar refractivity (Wildman–Crippen MR) is 151 cm³/mol. The van der Waals surface area contributed by atoms with Crippen LogP contribution in [0.25, 0.3) is 22.3 Å². The Labute approximate surface area is 263 Å². The zero-order valence-electron chi connectivity index (χ0n) is 24.3. The predicted octanol–water partition coefficient (Wildman–Crippen LogP) is -2.14. The molecule has 47 heavy (non-hydrogen) atoms. The molecule has 3 heterocycles. The molecule has 2 fully saturated rings. The fourth-order valence-corrected chi connectivity index (χ4v) is 5.11. The van der Waals surface area contributed by atoms with Crippen molar-refractivity contribution < 1.29 is 84.0 Å². The average molecular weight is 669 g/mol. The number of aliphatic hydroxyl groups excluding tert-OH is 6. The molecule has 18 heteroatoms. The second kappa shape index (κ2) is 13.5. The van der Waals surface area contributed by atoms with Crippen LogP contribution in [0.3, 0.4) is 0 Å². The first-order valence-electron chi connectivity index (χ1n) is 14.0. The van der Waals surface area contributed by atoms with Gasteiger partial charge >= 0.3 is 5.97 Å². The van der Waals surface area contributed by atoms with Gasteiger partial charge in [0, 0.05) is 18.6 Å². The molecule has 2 aromatic carbocycles. The van der Waals surface area contributed by atoms with E-state index in [1.165, 1.54) is 6.07 Å². The number of aliphatic hydroxyl groups is 6. The molecule has 0 amide bonds. The van der Waals surface area contributed by atoms with Crippen molar-refractivity contribution in [2.24, 2.45) is 0 Å². The van der Waals surface area contributed by atoms with E-state index < -0.39 is 120 Å². The van der Waals surface area contributed by atoms with Gasteiger partial charge in [-0.25, -0.2) is 0 Å². The molecule has 0 radical (unpaired) electrons. The molecule has 18 nitrogen and oxygen atoms in total. The van der Waals surface area contributed by atoms with Crippen molar-refractivity contribution in [3.63, 3.8) is 0 Å². The number of phenols is 4. The quantitative estimate of drug-likeness (QED) is 0.0904. The van der Waals surface area contributed by atoms with Crippen LogP contribution < -0.4 is 10.2 Å². The molecule has 2 saturated heterocycles. The summed E-state index contributed by atoms with van der Waals surface area (Å²) in [4.78, 5) is 24.1. The molecule has 10 atom stereocenters. The lowest BCUT2D eigenvalue weighted by atomic mass is 9.97. The molecule has 0 bridgehead atoms. The second-order valence-corrected chi connectivity index (χ2v) is 10.9. The molecule has 2 aliphatic heterocycles. The Morgan fingerprint density at radius 3 is 2.15 bits per heavy atom. The molecule has 5 rings (SSSR count). The summed E-state index contributed by atoms with van der Waals surface area (Å²) >= 11 is 0. The van der Waals surface area contributed by atoms with Gasteiger partial charge in [0.2, 0.25) is 17.8 Å². The first-order valence-corrected chi connectivity index (χ1v) is 14.0. The SMILES string of the molecule is CC(=O)OC[C@H]1O[C@@H](O[C@H]2[C@H](Oc3c(O)cc4c(=O)cc(-c5ccc(O)c(O)c5)oc4c3O)O[C@H](CO)[C@@H](O)[C@@H]2O)[C@H](O)[C@@H](O)[C@H]1O. The van der Waals surface area contributed by atoms with E-state index >= 15 is 0 Å². The average Bonchev–Trinajstić information content (AvgIpc) is 3.03. The van der Waals surface area contributed by atoms with Gasteiger partial charge in [0.15, 0.2) is 40.7 Å². The highest BCUT2D eigenvalue weighted by atomic mass is 16.8. The van der Waals surface area contributed by atoms with Crippen LogP contribution in [-0.4, -0.2) is 132 Å². The van der Waals surface area contributed by atoms with Crippen LogP contribution in [0.4, 0.5) is 0 Å². The number of hydrogen-bond donors (Lipinski definition) is 10. The largest absolute Gasteiger partial charge is 0.504 e. The van der Waals surface area contributed by atoms with Gasteiger partial charge in [-0.1, -0.05) is 0 Å². The number of esters is 1. The van der Waals surface area contributed by atoms with Crippen molar-refractivity contribution in [1.82, 2.24) is 0 Å². The van der Waals surface area contributed by atoms with Gasteiger partial charge in [0.05, 0.1) is 12.0 Å². The van der Waals surface area contributed by atoms with E-state index in [0.717, 1.165) is 31.2 Å². The zero-order valence-corrected chi connectivity index (χ0v) is 24.3. The van der Waals surface area contributed by atoms with E-state index in [1.807, 2.05) is 0 Å². The smallest absolute Gasteiger partial charge is 0.302 e. The van der Waals surface area contributed by atoms with Gasteiger partial charge < -0.3 is 79.2 Å². The molecule has 0 unspecified atom stereocenters. The lowest BCUT2D eigenvalue weighted by Crippen LogP contribution is -2.65. The summed E-state index contributed by atoms with van der Waals surface area (Å²) in [5, 5.41) is 103. The minimum atomic E-state index is -1.98. The van der Waals surface area contributed by atoms with E-state index in [4.69, 9.17) is 28.1 Å². The fraction of sp³-hybridized carbons (Fsp3) is 0.448. The molecule has 3 aromatic rings. The first kappa shape index (κ1) is 34.1. The van der Waals surface area contributed by atoms with E-state index in [9.17, 15) is 60.7 Å². The highest BCUT2D eigenvalue weighted by molar-refractivity contribution is 5.88. The second-order valence-electron chi connectivity index (χ2n) is 10.9. The Morgan fingerprint density at radius 1 is 0.809 bits per heavy atom. The van der Waals surface area contributed by atoms with Gasteiger partial charge in [0.25, 0.3) is 0 Å². The molecule has 1 aromatic heterocycles. The Balaban J connectivity index is 1.50. The third-order valence-electron chi connectivity index (χ3n) is 7.66. The van der Waals surface area contributed by atoms with Gasteiger partial charge in [-0.2, -0.15) is 0 Å². The maximum absolute atomic E-state index is 12.9. The van der Waals surface area contributed by atoms with Gasteiger partial charge in [-0.3, -0.25) is 9.59 Å². The lowest BCUT2D eigenvalue weighted by Gasteiger charge is -2.45. The summed E-state index contributed by atoms with van der Waals surface area (Å²) in [5.74, 6) is -4.50. The first-order chi connectivity index (χ1) is 22.2. The van der Waals surface area contributed by atoms with Crippen molar-refractivity contribution in [2.45, 2.75) is 68.3 Å². The van der Waals surface area contributed by atoms with E-state index in [2.05, 4.69) is 0 Å². The van der Waals surface area contributed by atoms with Crippen molar-refractivity contribution in [3.05, 3.63) is 40.6 Å². The van der Waals surface area contributed by atoms with Crippen molar-refractivity contribution in [1.29, 1.82) is 0 Å². The minimum Gasteiger partial charge on any atom is -0.504 e. The Hall–Kier alpha value is -4.24. The number of aromatic hydroxyl groups is 4. The normalized spacial score (nSPS) is 31.0. The van der Waals surface area contributed by atoms with Crippen LogP contribution in [0.5, 0.6) is 28.7 Å². The van der Waals surface area contributed by atoms with E-state index in [1.54, 1.807) is 0 Å². The number of phenolic OH excluding ortho intramolecular Hbond substituents is 4. The van der Waals surface area contributed by atoms with Gasteiger partial charge in [-0.15, -0.1) is 0 Å². The maximum atomic E-state index is 12.9. The highest BCUT2D eigenvalue weighted by Crippen LogP contribution is 2.44. The number of hydrogen-bond acceptors (Lipinski definition) is 18. The van der Waals surface area contributed by atoms with E-state index in [-0.39, 0.29) is 16.7 Å². The van der Waals surface area contributed by atoms with Crippen molar-refractivity contribution in [3.8, 4) is 40.1 Å².